The van der Waals surface area contributed by atoms with E-state index in [1.54, 1.807) is 18.3 Å². The van der Waals surface area contributed by atoms with Crippen LogP contribution in [-0.4, -0.2) is 16.3 Å². The third-order valence-electron chi connectivity index (χ3n) is 2.00. The fourth-order valence-electron chi connectivity index (χ4n) is 1.21. The summed E-state index contributed by atoms with van der Waals surface area (Å²) in [6.07, 6.45) is 1.59. The summed E-state index contributed by atoms with van der Waals surface area (Å²) < 4.78 is 0.948. The summed E-state index contributed by atoms with van der Waals surface area (Å²) in [7, 11) is 0. The van der Waals surface area contributed by atoms with Gasteiger partial charge in [0.25, 0.3) is 0 Å². The number of aromatic nitrogens is 1. The first kappa shape index (κ1) is 12.3. The van der Waals surface area contributed by atoms with Gasteiger partial charge in [-0.1, -0.05) is 6.07 Å². The molecular formula is C11H10IN3OS. The highest BCUT2D eigenvalue weighted by Crippen LogP contribution is 2.20. The standard InChI is InChI=1S/C11H10IN3OS/c1-7-6-17-11(14-7)15-13-5-8-9(12)3-2-4-10(8)16/h2-6,16H,1H3,(H,14,15). The predicted octanol–water partition coefficient (Wildman–Crippen LogP) is 3.21. The first-order chi connectivity index (χ1) is 8.16. The van der Waals surface area contributed by atoms with Crippen molar-refractivity contribution in [3.05, 3.63) is 38.4 Å². The molecule has 17 heavy (non-hydrogen) atoms. The van der Waals surface area contributed by atoms with E-state index in [4.69, 9.17) is 0 Å². The van der Waals surface area contributed by atoms with Gasteiger partial charge in [0.15, 0.2) is 0 Å². The number of benzene rings is 1. The summed E-state index contributed by atoms with van der Waals surface area (Å²) in [6, 6.07) is 5.35. The van der Waals surface area contributed by atoms with Gasteiger partial charge in [-0.15, -0.1) is 11.3 Å². The second kappa shape index (κ2) is 5.46. The fraction of sp³-hybridized carbons (Fsp3) is 0.0909. The molecule has 4 nitrogen and oxygen atoms in total. The van der Waals surface area contributed by atoms with Gasteiger partial charge in [0, 0.05) is 14.5 Å². The van der Waals surface area contributed by atoms with Crippen LogP contribution in [0.25, 0.3) is 0 Å². The van der Waals surface area contributed by atoms with Crippen molar-refractivity contribution < 1.29 is 5.11 Å². The van der Waals surface area contributed by atoms with Gasteiger partial charge in [0.05, 0.1) is 11.9 Å². The first-order valence-electron chi connectivity index (χ1n) is 4.85. The molecular weight excluding hydrogens is 349 g/mol. The number of rotatable bonds is 3. The third-order valence-corrected chi connectivity index (χ3v) is 3.81. The Balaban J connectivity index is 2.10. The molecule has 0 bridgehead atoms. The van der Waals surface area contributed by atoms with Crippen molar-refractivity contribution in [1.29, 1.82) is 0 Å². The molecule has 0 aliphatic heterocycles. The van der Waals surface area contributed by atoms with E-state index in [-0.39, 0.29) is 5.75 Å². The molecule has 0 radical (unpaired) electrons. The number of anilines is 1. The van der Waals surface area contributed by atoms with Gasteiger partial charge in [-0.2, -0.15) is 5.10 Å². The first-order valence-corrected chi connectivity index (χ1v) is 6.81. The van der Waals surface area contributed by atoms with Crippen LogP contribution in [0.4, 0.5) is 5.13 Å². The summed E-state index contributed by atoms with van der Waals surface area (Å²) in [4.78, 5) is 4.22. The number of hydrazone groups is 1. The average molecular weight is 359 g/mol. The van der Waals surface area contributed by atoms with Gasteiger partial charge in [-0.3, -0.25) is 5.43 Å². The van der Waals surface area contributed by atoms with E-state index in [2.05, 4.69) is 38.1 Å². The number of halogens is 1. The van der Waals surface area contributed by atoms with Crippen LogP contribution in [0.2, 0.25) is 0 Å². The van der Waals surface area contributed by atoms with E-state index in [9.17, 15) is 5.11 Å². The second-order valence-corrected chi connectivity index (χ2v) is 5.36. The molecule has 0 spiro atoms. The topological polar surface area (TPSA) is 57.5 Å². The maximum atomic E-state index is 9.66. The second-order valence-electron chi connectivity index (χ2n) is 3.34. The van der Waals surface area contributed by atoms with Gasteiger partial charge in [-0.05, 0) is 41.6 Å². The molecule has 0 aliphatic carbocycles. The highest BCUT2D eigenvalue weighted by atomic mass is 127. The minimum Gasteiger partial charge on any atom is -0.507 e. The Bertz CT molecular complexity index is 533. The molecule has 0 unspecified atom stereocenters. The van der Waals surface area contributed by atoms with Crippen molar-refractivity contribution in [1.82, 2.24) is 4.98 Å². The number of nitrogens with zero attached hydrogens (tertiary/aromatic N) is 2. The fourth-order valence-corrected chi connectivity index (χ4v) is 2.47. The Hall–Kier alpha value is -1.15. The minimum atomic E-state index is 0.220. The molecule has 1 aromatic heterocycles. The zero-order valence-corrected chi connectivity index (χ0v) is 12.0. The average Bonchev–Trinajstić information content (AvgIpc) is 2.69. The Morgan fingerprint density at radius 2 is 2.35 bits per heavy atom. The molecule has 1 heterocycles. The smallest absolute Gasteiger partial charge is 0.203 e. The Morgan fingerprint density at radius 3 is 3.00 bits per heavy atom. The maximum Gasteiger partial charge on any atom is 0.203 e. The van der Waals surface area contributed by atoms with Crippen molar-refractivity contribution in [3.8, 4) is 5.75 Å². The van der Waals surface area contributed by atoms with E-state index in [0.29, 0.717) is 5.56 Å². The van der Waals surface area contributed by atoms with Crippen molar-refractivity contribution in [2.45, 2.75) is 6.92 Å². The molecule has 2 N–H and O–H groups in total. The van der Waals surface area contributed by atoms with Gasteiger partial charge < -0.3 is 5.11 Å². The van der Waals surface area contributed by atoms with Crippen molar-refractivity contribution in [2.24, 2.45) is 5.10 Å². The number of aryl methyl sites for hydroxylation is 1. The lowest BCUT2D eigenvalue weighted by atomic mass is 10.2. The molecule has 0 fully saturated rings. The summed E-state index contributed by atoms with van der Waals surface area (Å²) >= 11 is 3.65. The quantitative estimate of drug-likeness (QED) is 0.503. The van der Waals surface area contributed by atoms with E-state index >= 15 is 0 Å². The minimum absolute atomic E-state index is 0.220. The van der Waals surface area contributed by atoms with Crippen molar-refractivity contribution >= 4 is 45.3 Å². The monoisotopic (exact) mass is 359 g/mol. The molecule has 6 heteroatoms. The lowest BCUT2D eigenvalue weighted by Crippen LogP contribution is -1.92. The highest BCUT2D eigenvalue weighted by molar-refractivity contribution is 14.1. The molecule has 0 atom stereocenters. The van der Waals surface area contributed by atoms with Gasteiger partial charge in [0.1, 0.15) is 5.75 Å². The maximum absolute atomic E-state index is 9.66. The number of aromatic hydroxyl groups is 1. The van der Waals surface area contributed by atoms with E-state index < -0.39 is 0 Å². The molecule has 88 valence electrons. The number of thiazole rings is 1. The van der Waals surface area contributed by atoms with Crippen LogP contribution in [0.5, 0.6) is 5.75 Å². The predicted molar refractivity (Wildman–Crippen MR) is 78.9 cm³/mol. The lowest BCUT2D eigenvalue weighted by molar-refractivity contribution is 0.474. The van der Waals surface area contributed by atoms with Gasteiger partial charge in [0.2, 0.25) is 5.13 Å². The summed E-state index contributed by atoms with van der Waals surface area (Å²) in [5, 5.41) is 16.4. The molecule has 0 aliphatic rings. The largest absolute Gasteiger partial charge is 0.507 e. The van der Waals surface area contributed by atoms with Gasteiger partial charge >= 0.3 is 0 Å². The Kier molecular flexibility index (Phi) is 3.95. The SMILES string of the molecule is Cc1csc(NN=Cc2c(O)cccc2I)n1. The van der Waals surface area contributed by atoms with Gasteiger partial charge in [-0.25, -0.2) is 4.98 Å². The lowest BCUT2D eigenvalue weighted by Gasteiger charge is -2.00. The molecule has 0 saturated carbocycles. The van der Waals surface area contributed by atoms with E-state index in [0.717, 1.165) is 14.4 Å². The van der Waals surface area contributed by atoms with E-state index in [1.807, 2.05) is 18.4 Å². The number of nitrogens with one attached hydrogen (secondary N) is 1. The van der Waals surface area contributed by atoms with Crippen molar-refractivity contribution in [3.63, 3.8) is 0 Å². The summed E-state index contributed by atoms with van der Waals surface area (Å²) in [6.45, 7) is 1.93. The van der Waals surface area contributed by atoms with Crippen LogP contribution in [0.3, 0.4) is 0 Å². The van der Waals surface area contributed by atoms with Crippen LogP contribution in [-0.2, 0) is 0 Å². The number of phenols is 1. The molecule has 2 aromatic rings. The zero-order chi connectivity index (χ0) is 12.3. The zero-order valence-electron chi connectivity index (χ0n) is 9.01. The molecule has 1 aromatic carbocycles. The number of hydrogen-bond acceptors (Lipinski definition) is 5. The van der Waals surface area contributed by atoms with Crippen LogP contribution in [0.1, 0.15) is 11.3 Å². The number of phenolic OH excluding ortho intramolecular Hbond substituents is 1. The van der Waals surface area contributed by atoms with Crippen LogP contribution >= 0.6 is 33.9 Å². The third kappa shape index (κ3) is 3.16. The Morgan fingerprint density at radius 1 is 1.53 bits per heavy atom. The molecule has 0 amide bonds. The normalized spacial score (nSPS) is 10.9. The van der Waals surface area contributed by atoms with Crippen LogP contribution < -0.4 is 5.43 Å². The molecule has 2 rings (SSSR count). The van der Waals surface area contributed by atoms with Crippen LogP contribution in [0, 0.1) is 10.5 Å². The number of hydrogen-bond donors (Lipinski definition) is 2. The van der Waals surface area contributed by atoms with Crippen LogP contribution in [0.15, 0.2) is 28.7 Å². The van der Waals surface area contributed by atoms with E-state index in [1.165, 1.54) is 11.3 Å². The Labute approximate surface area is 117 Å². The molecule has 0 saturated heterocycles. The highest BCUT2D eigenvalue weighted by Gasteiger charge is 2.02. The summed E-state index contributed by atoms with van der Waals surface area (Å²) in [5.74, 6) is 0.220. The summed E-state index contributed by atoms with van der Waals surface area (Å²) in [5.41, 5.74) is 4.50. The van der Waals surface area contributed by atoms with Crippen molar-refractivity contribution in [2.75, 3.05) is 5.43 Å².